The Morgan fingerprint density at radius 1 is 1.24 bits per heavy atom. The number of thiophene rings is 1. The Morgan fingerprint density at radius 2 is 1.94 bits per heavy atom. The summed E-state index contributed by atoms with van der Waals surface area (Å²) in [6.45, 7) is 1.44. The molecule has 3 amide bonds. The summed E-state index contributed by atoms with van der Waals surface area (Å²) in [6.07, 6.45) is -1.41. The van der Waals surface area contributed by atoms with Crippen LogP contribution in [0.4, 0.5) is 18.0 Å². The number of rotatable bonds is 4. The number of alkyl halides is 3. The molecular formula is C21H19F3N4O3S2. The van der Waals surface area contributed by atoms with Crippen LogP contribution in [0.2, 0.25) is 0 Å². The lowest BCUT2D eigenvalue weighted by Crippen LogP contribution is -2.39. The average molecular weight is 497 g/mol. The molecule has 12 heteroatoms. The number of urea groups is 1. The molecular weight excluding hydrogens is 477 g/mol. The van der Waals surface area contributed by atoms with Gasteiger partial charge in [0.1, 0.15) is 4.83 Å². The van der Waals surface area contributed by atoms with Crippen LogP contribution in [-0.4, -0.2) is 26.7 Å². The number of nitrogens with two attached hydrogens (primary N) is 1. The molecule has 0 aliphatic heterocycles. The molecule has 0 radical (unpaired) electrons. The Hall–Kier alpha value is -2.86. The number of thioether (sulfide) groups is 1. The first kappa shape index (κ1) is 23.3. The van der Waals surface area contributed by atoms with E-state index in [1.807, 2.05) is 5.32 Å². The molecule has 1 aromatic carbocycles. The summed E-state index contributed by atoms with van der Waals surface area (Å²) < 4.78 is 42.3. The SMILES string of the molecule is C[C@@H](Sc1nc2sc3c(c2c(=O)n1-c1ccccc1C(F)(F)F)CCCC3)C(=O)NC(N)=O. The smallest absolute Gasteiger partial charge is 0.351 e. The number of carbonyl (C=O) groups is 2. The lowest BCUT2D eigenvalue weighted by molar-refractivity contribution is -0.137. The van der Waals surface area contributed by atoms with Crippen molar-refractivity contribution in [2.45, 2.75) is 49.2 Å². The summed E-state index contributed by atoms with van der Waals surface area (Å²) in [5.41, 5.74) is 3.86. The number of halogens is 3. The van der Waals surface area contributed by atoms with E-state index >= 15 is 0 Å². The minimum Gasteiger partial charge on any atom is -0.351 e. The van der Waals surface area contributed by atoms with Crippen molar-refractivity contribution < 1.29 is 22.8 Å². The van der Waals surface area contributed by atoms with Crippen LogP contribution in [0.25, 0.3) is 15.9 Å². The van der Waals surface area contributed by atoms with Crippen molar-refractivity contribution in [2.24, 2.45) is 5.73 Å². The summed E-state index contributed by atoms with van der Waals surface area (Å²) in [5.74, 6) is -0.747. The van der Waals surface area contributed by atoms with Gasteiger partial charge in [-0.3, -0.25) is 19.5 Å². The van der Waals surface area contributed by atoms with Crippen LogP contribution in [0.1, 0.15) is 35.8 Å². The number of aryl methyl sites for hydroxylation is 2. The summed E-state index contributed by atoms with van der Waals surface area (Å²) in [5, 5.41) is 1.23. The zero-order valence-electron chi connectivity index (χ0n) is 17.4. The Labute approximate surface area is 194 Å². The van der Waals surface area contributed by atoms with Gasteiger partial charge in [-0.15, -0.1) is 11.3 Å². The molecule has 0 bridgehead atoms. The number of hydrogen-bond donors (Lipinski definition) is 2. The number of para-hydroxylation sites is 1. The lowest BCUT2D eigenvalue weighted by Gasteiger charge is -2.19. The second kappa shape index (κ2) is 8.82. The highest BCUT2D eigenvalue weighted by atomic mass is 32.2. The fourth-order valence-electron chi connectivity index (χ4n) is 3.82. The minimum atomic E-state index is -4.71. The number of imide groups is 1. The van der Waals surface area contributed by atoms with Crippen LogP contribution in [0, 0.1) is 0 Å². The number of nitrogens with one attached hydrogen (secondary N) is 1. The molecule has 0 saturated carbocycles. The lowest BCUT2D eigenvalue weighted by atomic mass is 9.97. The predicted molar refractivity (Wildman–Crippen MR) is 120 cm³/mol. The Balaban J connectivity index is 1.96. The van der Waals surface area contributed by atoms with Gasteiger partial charge in [0, 0.05) is 4.88 Å². The Morgan fingerprint density at radius 3 is 2.64 bits per heavy atom. The Bertz CT molecular complexity index is 1320. The predicted octanol–water partition coefficient (Wildman–Crippen LogP) is 4.02. The molecule has 0 saturated heterocycles. The third-order valence-electron chi connectivity index (χ3n) is 5.31. The first-order valence-corrected chi connectivity index (χ1v) is 11.8. The van der Waals surface area contributed by atoms with E-state index in [-0.39, 0.29) is 10.8 Å². The molecule has 1 aliphatic carbocycles. The van der Waals surface area contributed by atoms with Crippen molar-refractivity contribution in [1.82, 2.24) is 14.9 Å². The van der Waals surface area contributed by atoms with Gasteiger partial charge in [-0.2, -0.15) is 13.2 Å². The first-order valence-electron chi connectivity index (χ1n) is 10.1. The van der Waals surface area contributed by atoms with Crippen molar-refractivity contribution in [3.63, 3.8) is 0 Å². The van der Waals surface area contributed by atoms with Gasteiger partial charge < -0.3 is 5.73 Å². The van der Waals surface area contributed by atoms with Crippen LogP contribution in [0.5, 0.6) is 0 Å². The van der Waals surface area contributed by atoms with Gasteiger partial charge in [0.15, 0.2) is 5.16 Å². The summed E-state index contributed by atoms with van der Waals surface area (Å²) in [6, 6.07) is 3.69. The van der Waals surface area contributed by atoms with E-state index in [9.17, 15) is 27.6 Å². The molecule has 1 atom stereocenters. The fourth-order valence-corrected chi connectivity index (χ4v) is 6.04. The number of benzene rings is 1. The monoisotopic (exact) mass is 496 g/mol. The van der Waals surface area contributed by atoms with Crippen LogP contribution >= 0.6 is 23.1 Å². The number of primary amides is 1. The number of amides is 3. The molecule has 3 N–H and O–H groups in total. The van der Waals surface area contributed by atoms with E-state index in [4.69, 9.17) is 5.73 Å². The van der Waals surface area contributed by atoms with Crippen LogP contribution in [0.3, 0.4) is 0 Å². The van der Waals surface area contributed by atoms with Gasteiger partial charge >= 0.3 is 12.2 Å². The highest BCUT2D eigenvalue weighted by Crippen LogP contribution is 2.38. The number of hydrogen-bond acceptors (Lipinski definition) is 6. The highest BCUT2D eigenvalue weighted by Gasteiger charge is 2.35. The van der Waals surface area contributed by atoms with Crippen LogP contribution in [-0.2, 0) is 23.8 Å². The van der Waals surface area contributed by atoms with Gasteiger partial charge in [-0.1, -0.05) is 23.9 Å². The second-order valence-corrected chi connectivity index (χ2v) is 9.95. The topological polar surface area (TPSA) is 107 Å². The third kappa shape index (κ3) is 4.49. The molecule has 3 aromatic rings. The normalized spacial score (nSPS) is 14.7. The molecule has 7 nitrogen and oxygen atoms in total. The molecule has 2 heterocycles. The van der Waals surface area contributed by atoms with E-state index < -0.39 is 34.5 Å². The largest absolute Gasteiger partial charge is 0.418 e. The van der Waals surface area contributed by atoms with Crippen molar-refractivity contribution in [1.29, 1.82) is 0 Å². The van der Waals surface area contributed by atoms with Crippen molar-refractivity contribution in [3.05, 3.63) is 50.6 Å². The van der Waals surface area contributed by atoms with E-state index in [1.165, 1.54) is 36.5 Å². The summed E-state index contributed by atoms with van der Waals surface area (Å²) in [4.78, 5) is 42.9. The maximum atomic E-state index is 13.8. The van der Waals surface area contributed by atoms with E-state index in [0.717, 1.165) is 52.1 Å². The average Bonchev–Trinajstić information content (AvgIpc) is 3.11. The van der Waals surface area contributed by atoms with E-state index in [0.29, 0.717) is 16.6 Å². The van der Waals surface area contributed by atoms with Crippen LogP contribution < -0.4 is 16.6 Å². The van der Waals surface area contributed by atoms with Crippen molar-refractivity contribution in [2.75, 3.05) is 0 Å². The molecule has 0 fully saturated rings. The number of carbonyl (C=O) groups excluding carboxylic acids is 2. The van der Waals surface area contributed by atoms with Gasteiger partial charge in [-0.05, 0) is 50.3 Å². The van der Waals surface area contributed by atoms with Gasteiger partial charge in [-0.25, -0.2) is 9.78 Å². The first-order chi connectivity index (χ1) is 15.6. The summed E-state index contributed by atoms with van der Waals surface area (Å²) >= 11 is 2.13. The van der Waals surface area contributed by atoms with Crippen molar-refractivity contribution >= 4 is 45.3 Å². The molecule has 2 aromatic heterocycles. The maximum absolute atomic E-state index is 13.8. The van der Waals surface area contributed by atoms with E-state index in [1.54, 1.807) is 0 Å². The zero-order valence-corrected chi connectivity index (χ0v) is 19.0. The quantitative estimate of drug-likeness (QED) is 0.419. The van der Waals surface area contributed by atoms with Gasteiger partial charge in [0.05, 0.1) is 21.9 Å². The Kier molecular flexibility index (Phi) is 6.23. The molecule has 174 valence electrons. The van der Waals surface area contributed by atoms with Crippen molar-refractivity contribution in [3.8, 4) is 5.69 Å². The van der Waals surface area contributed by atoms with Gasteiger partial charge in [0.2, 0.25) is 5.91 Å². The molecule has 4 rings (SSSR count). The highest BCUT2D eigenvalue weighted by molar-refractivity contribution is 8.00. The standard InChI is InChI=1S/C21H19F3N4O3S2/c1-10(16(29)26-19(25)31)32-20-27-17-15(11-6-2-5-9-14(11)33-17)18(30)28(20)13-8-4-3-7-12(13)21(22,23)24/h3-4,7-8,10H,2,5-6,9H2,1H3,(H3,25,26,29,31)/t10-/m1/s1. The molecule has 0 unspecified atom stereocenters. The second-order valence-electron chi connectivity index (χ2n) is 7.55. The zero-order chi connectivity index (χ0) is 23.9. The number of aromatic nitrogens is 2. The minimum absolute atomic E-state index is 0.0742. The molecule has 0 spiro atoms. The molecule has 1 aliphatic rings. The molecule has 33 heavy (non-hydrogen) atoms. The number of fused-ring (bicyclic) bond motifs is 3. The fraction of sp³-hybridized carbons (Fsp3) is 0.333. The van der Waals surface area contributed by atoms with Gasteiger partial charge in [0.25, 0.3) is 5.56 Å². The maximum Gasteiger partial charge on any atom is 0.418 e. The number of nitrogens with zero attached hydrogens (tertiary/aromatic N) is 2. The van der Waals surface area contributed by atoms with Crippen LogP contribution in [0.15, 0.2) is 34.2 Å². The summed E-state index contributed by atoms with van der Waals surface area (Å²) in [7, 11) is 0. The third-order valence-corrected chi connectivity index (χ3v) is 7.54. The van der Waals surface area contributed by atoms with E-state index in [2.05, 4.69) is 4.98 Å².